The number of aryl methyl sites for hydroxylation is 1. The minimum Gasteiger partial charge on any atom is -0.497 e. The Labute approximate surface area is 195 Å². The van der Waals surface area contributed by atoms with Gasteiger partial charge in [0.05, 0.1) is 18.0 Å². The average molecular weight is 462 g/mol. The molecule has 1 heterocycles. The van der Waals surface area contributed by atoms with Gasteiger partial charge in [-0.2, -0.15) is 0 Å². The molecule has 170 valence electrons. The van der Waals surface area contributed by atoms with Gasteiger partial charge >= 0.3 is 0 Å². The Bertz CT molecular complexity index is 1260. The van der Waals surface area contributed by atoms with Crippen molar-refractivity contribution in [3.63, 3.8) is 0 Å². The van der Waals surface area contributed by atoms with Crippen molar-refractivity contribution in [1.82, 2.24) is 4.31 Å². The number of ether oxygens (including phenoxy) is 1. The number of rotatable bonds is 7. The first-order chi connectivity index (χ1) is 15.9. The quantitative estimate of drug-likeness (QED) is 0.342. The van der Waals surface area contributed by atoms with Crippen molar-refractivity contribution < 1.29 is 17.9 Å². The number of hydrogen-bond acceptors (Lipinski definition) is 4. The lowest BCUT2D eigenvalue weighted by molar-refractivity contribution is 0.103. The number of benzene rings is 3. The molecule has 0 saturated carbocycles. The van der Waals surface area contributed by atoms with Crippen LogP contribution in [0.2, 0.25) is 0 Å². The van der Waals surface area contributed by atoms with Crippen molar-refractivity contribution in [3.05, 3.63) is 107 Å². The van der Waals surface area contributed by atoms with Crippen LogP contribution in [0.4, 0.5) is 0 Å². The number of allylic oxidation sites excluding steroid dienone is 1. The third-order valence-corrected chi connectivity index (χ3v) is 7.90. The molecule has 0 aromatic heterocycles. The average Bonchev–Trinajstić information content (AvgIpc) is 2.82. The van der Waals surface area contributed by atoms with Crippen LogP contribution < -0.4 is 4.74 Å². The molecule has 4 rings (SSSR count). The predicted octanol–water partition coefficient (Wildman–Crippen LogP) is 5.54. The Hall–Kier alpha value is -3.38. The van der Waals surface area contributed by atoms with E-state index in [9.17, 15) is 13.2 Å². The maximum absolute atomic E-state index is 13.8. The van der Waals surface area contributed by atoms with Gasteiger partial charge in [-0.15, -0.1) is 0 Å². The molecule has 33 heavy (non-hydrogen) atoms. The molecule has 1 aliphatic rings. The van der Waals surface area contributed by atoms with Gasteiger partial charge in [-0.25, -0.2) is 8.42 Å². The lowest BCUT2D eigenvalue weighted by atomic mass is 9.80. The summed E-state index contributed by atoms with van der Waals surface area (Å²) in [5.41, 5.74) is 2.89. The lowest BCUT2D eigenvalue weighted by Gasteiger charge is -2.50. The maximum Gasteiger partial charge on any atom is 0.264 e. The van der Waals surface area contributed by atoms with Crippen LogP contribution >= 0.6 is 0 Å². The Morgan fingerprint density at radius 2 is 1.61 bits per heavy atom. The minimum absolute atomic E-state index is 0.105. The number of ketones is 1. The molecular weight excluding hydrogens is 434 g/mol. The number of carbonyl (C=O) groups is 1. The molecule has 3 aromatic carbocycles. The highest BCUT2D eigenvalue weighted by Gasteiger charge is 2.50. The number of methoxy groups -OCH3 is 1. The van der Waals surface area contributed by atoms with Crippen molar-refractivity contribution >= 4 is 15.8 Å². The largest absolute Gasteiger partial charge is 0.497 e. The summed E-state index contributed by atoms with van der Waals surface area (Å²) in [6.07, 6.45) is 2.18. The molecule has 0 bridgehead atoms. The van der Waals surface area contributed by atoms with E-state index in [4.69, 9.17) is 4.74 Å². The molecule has 1 fully saturated rings. The first-order valence-electron chi connectivity index (χ1n) is 10.9. The van der Waals surface area contributed by atoms with Gasteiger partial charge in [0.2, 0.25) is 0 Å². The highest BCUT2D eigenvalue weighted by molar-refractivity contribution is 7.89. The summed E-state index contributed by atoms with van der Waals surface area (Å²) in [5, 5.41) is 0. The Morgan fingerprint density at radius 1 is 0.970 bits per heavy atom. The second kappa shape index (κ2) is 9.24. The summed E-state index contributed by atoms with van der Waals surface area (Å²) in [6.45, 7) is 3.93. The zero-order valence-electron chi connectivity index (χ0n) is 18.9. The molecule has 0 aliphatic carbocycles. The standard InChI is InChI=1S/C27H27NO4S/c1-4-24-25(18-26(29)20-8-6-5-7-9-20)28(27(24)21-12-14-22(32-3)15-13-21)33(30,31)23-16-10-19(2)11-17-23/h5-18,24,27H,4H2,1-3H3/b25-18+/t24-,27+/m0/s1. The van der Waals surface area contributed by atoms with Gasteiger partial charge in [0, 0.05) is 23.3 Å². The molecule has 1 saturated heterocycles. The summed E-state index contributed by atoms with van der Waals surface area (Å²) < 4.78 is 34.2. The number of sulfonamides is 1. The minimum atomic E-state index is -3.87. The Morgan fingerprint density at radius 3 is 2.18 bits per heavy atom. The van der Waals surface area contributed by atoms with E-state index >= 15 is 0 Å². The van der Waals surface area contributed by atoms with E-state index < -0.39 is 16.1 Å². The van der Waals surface area contributed by atoms with E-state index in [1.807, 2.05) is 44.2 Å². The van der Waals surface area contributed by atoms with Crippen LogP contribution in [0.3, 0.4) is 0 Å². The van der Waals surface area contributed by atoms with Crippen LogP contribution in [-0.4, -0.2) is 25.6 Å². The maximum atomic E-state index is 13.8. The first kappa shape index (κ1) is 22.8. The van der Waals surface area contributed by atoms with Crippen LogP contribution in [-0.2, 0) is 10.0 Å². The lowest BCUT2D eigenvalue weighted by Crippen LogP contribution is -2.50. The third kappa shape index (κ3) is 4.31. The molecule has 6 heteroatoms. The van der Waals surface area contributed by atoms with Crippen molar-refractivity contribution in [3.8, 4) is 5.75 Å². The van der Waals surface area contributed by atoms with E-state index in [1.165, 1.54) is 10.4 Å². The molecule has 5 nitrogen and oxygen atoms in total. The third-order valence-electron chi connectivity index (χ3n) is 6.08. The predicted molar refractivity (Wildman–Crippen MR) is 129 cm³/mol. The molecule has 0 unspecified atom stereocenters. The monoisotopic (exact) mass is 461 g/mol. The van der Waals surface area contributed by atoms with E-state index in [-0.39, 0.29) is 16.6 Å². The van der Waals surface area contributed by atoms with Gasteiger partial charge in [-0.05, 0) is 43.2 Å². The van der Waals surface area contributed by atoms with E-state index in [0.29, 0.717) is 23.4 Å². The molecule has 1 aliphatic heterocycles. The smallest absolute Gasteiger partial charge is 0.264 e. The van der Waals surface area contributed by atoms with Gasteiger partial charge in [-0.3, -0.25) is 9.10 Å². The highest BCUT2D eigenvalue weighted by Crippen LogP contribution is 2.52. The molecule has 0 spiro atoms. The molecule has 0 radical (unpaired) electrons. The van der Waals surface area contributed by atoms with Crippen LogP contribution in [0.25, 0.3) is 0 Å². The van der Waals surface area contributed by atoms with Gasteiger partial charge in [-0.1, -0.05) is 67.1 Å². The SMILES string of the molecule is CC[C@H]1/C(=C\C(=O)c2ccccc2)N(S(=O)(=O)c2ccc(C)cc2)[C@@H]1c1ccc(OC)cc1. The summed E-state index contributed by atoms with van der Waals surface area (Å²) in [6, 6.07) is 22.7. The van der Waals surface area contributed by atoms with Gasteiger partial charge in [0.15, 0.2) is 5.78 Å². The second-order valence-corrected chi connectivity index (χ2v) is 9.96. The Kier molecular flexibility index (Phi) is 6.38. The van der Waals surface area contributed by atoms with Crippen molar-refractivity contribution in [2.45, 2.75) is 31.2 Å². The normalized spacial score (nSPS) is 19.2. The zero-order valence-corrected chi connectivity index (χ0v) is 19.7. The fourth-order valence-electron chi connectivity index (χ4n) is 4.27. The van der Waals surface area contributed by atoms with Gasteiger partial charge in [0.25, 0.3) is 10.0 Å². The molecule has 0 amide bonds. The van der Waals surface area contributed by atoms with Gasteiger partial charge < -0.3 is 4.74 Å². The van der Waals surface area contributed by atoms with Crippen LogP contribution in [0, 0.1) is 12.8 Å². The van der Waals surface area contributed by atoms with Crippen LogP contribution in [0.5, 0.6) is 5.75 Å². The molecule has 2 atom stereocenters. The molecule has 0 N–H and O–H groups in total. The number of hydrogen-bond donors (Lipinski definition) is 0. The van der Waals surface area contributed by atoms with Crippen LogP contribution in [0.15, 0.2) is 95.5 Å². The van der Waals surface area contributed by atoms with E-state index in [0.717, 1.165) is 11.1 Å². The van der Waals surface area contributed by atoms with Crippen molar-refractivity contribution in [1.29, 1.82) is 0 Å². The fraction of sp³-hybridized carbons (Fsp3) is 0.222. The summed E-state index contributed by atoms with van der Waals surface area (Å²) in [7, 11) is -2.28. The fourth-order valence-corrected chi connectivity index (χ4v) is 6.01. The highest BCUT2D eigenvalue weighted by atomic mass is 32.2. The first-order valence-corrected chi connectivity index (χ1v) is 12.4. The Balaban J connectivity index is 1.81. The number of nitrogens with zero attached hydrogens (tertiary/aromatic N) is 1. The summed E-state index contributed by atoms with van der Waals surface area (Å²) in [5.74, 6) is 0.390. The van der Waals surface area contributed by atoms with E-state index in [1.54, 1.807) is 55.6 Å². The number of carbonyl (C=O) groups excluding carboxylic acids is 1. The molecule has 3 aromatic rings. The van der Waals surface area contributed by atoms with Crippen molar-refractivity contribution in [2.24, 2.45) is 5.92 Å². The summed E-state index contributed by atoms with van der Waals surface area (Å²) in [4.78, 5) is 13.2. The van der Waals surface area contributed by atoms with Crippen LogP contribution in [0.1, 0.15) is 40.9 Å². The topological polar surface area (TPSA) is 63.7 Å². The zero-order chi connectivity index (χ0) is 23.6. The van der Waals surface area contributed by atoms with Crippen molar-refractivity contribution in [2.75, 3.05) is 7.11 Å². The summed E-state index contributed by atoms with van der Waals surface area (Å²) >= 11 is 0. The van der Waals surface area contributed by atoms with Gasteiger partial charge in [0.1, 0.15) is 5.75 Å². The molecular formula is C27H27NO4S. The second-order valence-electron chi connectivity index (χ2n) is 8.15. The van der Waals surface area contributed by atoms with E-state index in [2.05, 4.69) is 0 Å².